The van der Waals surface area contributed by atoms with Crippen LogP contribution in [-0.2, 0) is 5.41 Å². The number of fused-ring (bicyclic) bond motifs is 6. The van der Waals surface area contributed by atoms with E-state index in [0.29, 0.717) is 11.8 Å². The van der Waals surface area contributed by atoms with E-state index in [2.05, 4.69) is 159 Å². The Labute approximate surface area is 318 Å². The number of aromatic nitrogens is 6. The van der Waals surface area contributed by atoms with E-state index < -0.39 is 0 Å². The summed E-state index contributed by atoms with van der Waals surface area (Å²) in [6.07, 6.45) is 3.80. The Morgan fingerprint density at radius 1 is 0.648 bits per heavy atom. The number of hydrogen-bond donors (Lipinski definition) is 0. The third kappa shape index (κ3) is 5.73. The highest BCUT2D eigenvalue weighted by atomic mass is 32.1. The largest absolute Gasteiger partial charge is 0.457 e. The first kappa shape index (κ1) is 33.9. The summed E-state index contributed by atoms with van der Waals surface area (Å²) in [5.41, 5.74) is 9.93. The van der Waals surface area contributed by atoms with Crippen LogP contribution in [0.1, 0.15) is 77.3 Å². The first-order valence-electron chi connectivity index (χ1n) is 18.6. The first-order valence-corrected chi connectivity index (χ1v) is 19.4. The van der Waals surface area contributed by atoms with Gasteiger partial charge in [0.05, 0.1) is 26.9 Å². The Hall–Kier alpha value is -5.86. The van der Waals surface area contributed by atoms with E-state index in [1.807, 2.05) is 24.5 Å². The normalized spacial score (nSPS) is 12.3. The van der Waals surface area contributed by atoms with Crippen LogP contribution in [0.25, 0.3) is 65.2 Å². The number of benzene rings is 4. The van der Waals surface area contributed by atoms with Crippen molar-refractivity contribution in [3.05, 3.63) is 132 Å². The van der Waals surface area contributed by atoms with Gasteiger partial charge in [-0.3, -0.25) is 14.0 Å². The van der Waals surface area contributed by atoms with Gasteiger partial charge in [0.2, 0.25) is 4.96 Å². The molecule has 0 atom stereocenters. The van der Waals surface area contributed by atoms with E-state index in [4.69, 9.17) is 14.7 Å². The van der Waals surface area contributed by atoms with Crippen molar-refractivity contribution in [2.45, 2.75) is 65.7 Å². The number of rotatable bonds is 7. The van der Waals surface area contributed by atoms with Gasteiger partial charge in [-0.2, -0.15) is 0 Å². The van der Waals surface area contributed by atoms with Crippen molar-refractivity contribution in [1.29, 1.82) is 0 Å². The van der Waals surface area contributed by atoms with Crippen LogP contribution in [0.4, 0.5) is 0 Å². The van der Waals surface area contributed by atoms with Crippen LogP contribution in [0.3, 0.4) is 0 Å². The Morgan fingerprint density at radius 3 is 2.13 bits per heavy atom. The summed E-state index contributed by atoms with van der Waals surface area (Å²) in [4.78, 5) is 10.6. The SMILES string of the molecule is CC(C)c1cccc(C(C)C)c1-c1cc(Oc2ccc3c4ccccc4n(-c4cc5c(cn4)sc4nnc(C(C)(C)C)n45)c3c2)cc(-c2ccccn2)c1. The molecule has 5 aromatic heterocycles. The predicted molar refractivity (Wildman–Crippen MR) is 223 cm³/mol. The van der Waals surface area contributed by atoms with Crippen molar-refractivity contribution in [3.8, 4) is 39.7 Å². The molecule has 0 saturated heterocycles. The lowest BCUT2D eigenvalue weighted by atomic mass is 9.84. The molecule has 7 nitrogen and oxygen atoms in total. The quantitative estimate of drug-likeness (QED) is 0.163. The van der Waals surface area contributed by atoms with Crippen molar-refractivity contribution in [1.82, 2.24) is 29.1 Å². The maximum absolute atomic E-state index is 6.88. The van der Waals surface area contributed by atoms with E-state index in [1.54, 1.807) is 11.3 Å². The molecule has 54 heavy (non-hydrogen) atoms. The molecule has 0 aliphatic rings. The molecule has 8 heteroatoms. The van der Waals surface area contributed by atoms with Crippen LogP contribution in [-0.4, -0.2) is 29.1 Å². The van der Waals surface area contributed by atoms with Gasteiger partial charge in [0.15, 0.2) is 0 Å². The van der Waals surface area contributed by atoms with Gasteiger partial charge < -0.3 is 4.74 Å². The molecule has 0 fully saturated rings. The maximum Gasteiger partial charge on any atom is 0.217 e. The van der Waals surface area contributed by atoms with E-state index >= 15 is 0 Å². The van der Waals surface area contributed by atoms with Crippen LogP contribution in [0.15, 0.2) is 116 Å². The summed E-state index contributed by atoms with van der Waals surface area (Å²) in [7, 11) is 0. The van der Waals surface area contributed by atoms with Gasteiger partial charge in [0.25, 0.3) is 0 Å². The molecular weight excluding hydrogens is 685 g/mol. The van der Waals surface area contributed by atoms with Crippen LogP contribution in [0.2, 0.25) is 0 Å². The minimum Gasteiger partial charge on any atom is -0.457 e. The van der Waals surface area contributed by atoms with Crippen molar-refractivity contribution in [2.75, 3.05) is 0 Å². The highest BCUT2D eigenvalue weighted by molar-refractivity contribution is 7.23. The number of thiazole rings is 1. The van der Waals surface area contributed by atoms with Crippen LogP contribution >= 0.6 is 11.3 Å². The molecular formula is C46H42N6OS. The standard InChI is InChI=1S/C46H42N6OS/c1-27(2)33-14-12-15-34(28(3)4)43(33)30-21-29(37-16-10-11-20-47-37)22-32(23-30)53-31-18-19-36-35-13-8-9-17-38(35)51(39(36)24-31)42-25-40-41(26-48-42)54-45-50-49-44(52(40)45)46(5,6)7/h8-28H,1-7H3. The van der Waals surface area contributed by atoms with Gasteiger partial charge in [0.1, 0.15) is 23.1 Å². The number of ether oxygens (including phenoxy) is 1. The number of pyridine rings is 2. The van der Waals surface area contributed by atoms with Crippen molar-refractivity contribution < 1.29 is 4.74 Å². The zero-order valence-corrected chi connectivity index (χ0v) is 32.4. The van der Waals surface area contributed by atoms with Gasteiger partial charge in [-0.05, 0) is 82.6 Å². The summed E-state index contributed by atoms with van der Waals surface area (Å²) in [6.45, 7) is 15.6. The van der Waals surface area contributed by atoms with E-state index in [1.165, 1.54) is 16.7 Å². The second-order valence-electron chi connectivity index (χ2n) is 15.7. The lowest BCUT2D eigenvalue weighted by molar-refractivity contribution is 0.483. The summed E-state index contributed by atoms with van der Waals surface area (Å²) in [5, 5.41) is 11.4. The molecule has 0 aliphatic heterocycles. The third-order valence-corrected chi connectivity index (χ3v) is 11.2. The summed E-state index contributed by atoms with van der Waals surface area (Å²) in [6, 6.07) is 36.3. The monoisotopic (exact) mass is 726 g/mol. The average Bonchev–Trinajstić information content (AvgIpc) is 3.84. The second kappa shape index (κ2) is 12.9. The number of nitrogens with zero attached hydrogens (tertiary/aromatic N) is 6. The molecule has 9 aromatic rings. The van der Waals surface area contributed by atoms with Crippen molar-refractivity contribution in [3.63, 3.8) is 0 Å². The molecule has 4 aromatic carbocycles. The number of para-hydroxylation sites is 1. The third-order valence-electron chi connectivity index (χ3n) is 10.2. The van der Waals surface area contributed by atoms with Crippen molar-refractivity contribution >= 4 is 48.3 Å². The molecule has 0 amide bonds. The number of hydrogen-bond acceptors (Lipinski definition) is 6. The highest BCUT2D eigenvalue weighted by Gasteiger charge is 2.25. The van der Waals surface area contributed by atoms with Gasteiger partial charge in [-0.1, -0.05) is 102 Å². The lowest BCUT2D eigenvalue weighted by Gasteiger charge is -2.21. The summed E-state index contributed by atoms with van der Waals surface area (Å²) >= 11 is 1.61. The zero-order chi connectivity index (χ0) is 37.3. The fraction of sp³-hybridized carbons (Fsp3) is 0.217. The molecule has 0 aliphatic carbocycles. The van der Waals surface area contributed by atoms with Crippen LogP contribution in [0, 0.1) is 0 Å². The van der Waals surface area contributed by atoms with Crippen LogP contribution in [0.5, 0.6) is 11.5 Å². The molecule has 0 N–H and O–H groups in total. The summed E-state index contributed by atoms with van der Waals surface area (Å²) in [5.74, 6) is 3.96. The fourth-order valence-corrected chi connectivity index (χ4v) is 8.61. The van der Waals surface area contributed by atoms with E-state index in [9.17, 15) is 0 Å². The molecule has 9 rings (SSSR count). The smallest absolute Gasteiger partial charge is 0.217 e. The molecule has 268 valence electrons. The highest BCUT2D eigenvalue weighted by Crippen LogP contribution is 2.42. The molecule has 0 unspecified atom stereocenters. The molecule has 0 radical (unpaired) electrons. The maximum atomic E-state index is 6.88. The molecule has 0 saturated carbocycles. The first-order chi connectivity index (χ1) is 26.0. The zero-order valence-electron chi connectivity index (χ0n) is 31.6. The topological polar surface area (TPSA) is 70.1 Å². The Kier molecular flexibility index (Phi) is 8.12. The molecule has 0 bridgehead atoms. The molecule has 5 heterocycles. The van der Waals surface area contributed by atoms with Gasteiger partial charge in [-0.15, -0.1) is 10.2 Å². The Balaban J connectivity index is 1.22. The van der Waals surface area contributed by atoms with E-state index in [-0.39, 0.29) is 5.41 Å². The van der Waals surface area contributed by atoms with Gasteiger partial charge in [-0.25, -0.2) is 4.98 Å². The Morgan fingerprint density at radius 2 is 1.39 bits per heavy atom. The van der Waals surface area contributed by atoms with Gasteiger partial charge >= 0.3 is 0 Å². The lowest BCUT2D eigenvalue weighted by Crippen LogP contribution is -2.15. The second-order valence-corrected chi connectivity index (χ2v) is 16.7. The average molecular weight is 727 g/mol. The fourth-order valence-electron chi connectivity index (χ4n) is 7.70. The minimum atomic E-state index is -0.170. The van der Waals surface area contributed by atoms with Crippen molar-refractivity contribution in [2.24, 2.45) is 0 Å². The van der Waals surface area contributed by atoms with Crippen LogP contribution < -0.4 is 4.74 Å². The minimum absolute atomic E-state index is 0.170. The summed E-state index contributed by atoms with van der Waals surface area (Å²) < 4.78 is 12.4. The van der Waals surface area contributed by atoms with Gasteiger partial charge in [0, 0.05) is 46.3 Å². The van der Waals surface area contributed by atoms with E-state index in [0.717, 1.165) is 76.9 Å². The molecule has 0 spiro atoms. The Bertz CT molecular complexity index is 2830. The predicted octanol–water partition coefficient (Wildman–Crippen LogP) is 12.5.